The molecule has 94 valence electrons. The van der Waals surface area contributed by atoms with Crippen LogP contribution in [0.25, 0.3) is 20.7 Å². The topological polar surface area (TPSA) is 95.8 Å². The first-order chi connectivity index (χ1) is 8.56. The minimum atomic E-state index is -3.29. The summed E-state index contributed by atoms with van der Waals surface area (Å²) in [6, 6.07) is 4.90. The third-order valence-electron chi connectivity index (χ3n) is 2.25. The second-order valence-corrected chi connectivity index (χ2v) is 6.95. The first-order valence-electron chi connectivity index (χ1n) is 5.25. The number of benzene rings is 1. The maximum Gasteiger partial charge on any atom is 0.210 e. The minimum Gasteiger partial charge on any atom is -0.225 e. The highest BCUT2D eigenvalue weighted by Gasteiger charge is 2.18. The quantitative estimate of drug-likeness (QED) is 0.488. The number of rotatable bonds is 4. The zero-order valence-corrected chi connectivity index (χ0v) is 11.2. The van der Waals surface area contributed by atoms with Crippen LogP contribution >= 0.6 is 11.3 Å². The second-order valence-electron chi connectivity index (χ2n) is 3.64. The summed E-state index contributed by atoms with van der Waals surface area (Å²) in [6.45, 7) is 1.81. The number of hydrogen-bond acceptors (Lipinski definition) is 5. The molecule has 0 bridgehead atoms. The van der Waals surface area contributed by atoms with Crippen molar-refractivity contribution in [2.45, 2.75) is 17.7 Å². The van der Waals surface area contributed by atoms with Crippen molar-refractivity contribution < 1.29 is 8.42 Å². The average Bonchev–Trinajstić information content (AvgIpc) is 2.73. The summed E-state index contributed by atoms with van der Waals surface area (Å²) in [5.74, 6) is 0.0933. The van der Waals surface area contributed by atoms with Gasteiger partial charge in [-0.25, -0.2) is 13.4 Å². The molecule has 8 heteroatoms. The van der Waals surface area contributed by atoms with Crippen molar-refractivity contribution in [3.63, 3.8) is 0 Å². The first-order valence-corrected chi connectivity index (χ1v) is 7.72. The van der Waals surface area contributed by atoms with Crippen molar-refractivity contribution in [3.8, 4) is 0 Å². The number of fused-ring (bicyclic) bond motifs is 1. The number of azide groups is 1. The standard InChI is InChI=1S/C10H10N4O2S2/c1-2-5-18(15,16)10-12-8-4-3-7(13-14-11)6-9(8)17-10/h3-4,6H,2,5H2,1H3. The lowest BCUT2D eigenvalue weighted by Gasteiger charge is -1.95. The maximum atomic E-state index is 11.9. The zero-order valence-electron chi connectivity index (χ0n) is 9.57. The molecule has 1 aromatic carbocycles. The van der Waals surface area contributed by atoms with Crippen LogP contribution in [0.3, 0.4) is 0 Å². The molecule has 0 aliphatic rings. The van der Waals surface area contributed by atoms with Gasteiger partial charge in [0, 0.05) is 10.6 Å². The van der Waals surface area contributed by atoms with E-state index in [2.05, 4.69) is 15.0 Å². The van der Waals surface area contributed by atoms with E-state index in [1.54, 1.807) is 18.2 Å². The summed E-state index contributed by atoms with van der Waals surface area (Å²) in [5.41, 5.74) is 9.40. The Kier molecular flexibility index (Phi) is 3.51. The van der Waals surface area contributed by atoms with Gasteiger partial charge in [-0.15, -0.1) is 11.3 Å². The van der Waals surface area contributed by atoms with Crippen molar-refractivity contribution in [3.05, 3.63) is 28.6 Å². The molecule has 0 aliphatic heterocycles. The number of aromatic nitrogens is 1. The van der Waals surface area contributed by atoms with Crippen LogP contribution in [-0.2, 0) is 9.84 Å². The Balaban J connectivity index is 2.54. The fourth-order valence-corrected chi connectivity index (χ4v) is 4.20. The Morgan fingerprint density at radius 1 is 1.50 bits per heavy atom. The van der Waals surface area contributed by atoms with E-state index in [0.717, 1.165) is 11.3 Å². The van der Waals surface area contributed by atoms with Crippen LogP contribution in [0.5, 0.6) is 0 Å². The predicted molar refractivity (Wildman–Crippen MR) is 70.8 cm³/mol. The molecule has 18 heavy (non-hydrogen) atoms. The Bertz CT molecular complexity index is 729. The molecule has 0 radical (unpaired) electrons. The van der Waals surface area contributed by atoms with Crippen LogP contribution in [0.1, 0.15) is 13.3 Å². The van der Waals surface area contributed by atoms with E-state index in [4.69, 9.17) is 5.53 Å². The molecule has 1 aromatic heterocycles. The highest BCUT2D eigenvalue weighted by atomic mass is 32.2. The molecular formula is C10H10N4O2S2. The monoisotopic (exact) mass is 282 g/mol. The molecule has 0 atom stereocenters. The largest absolute Gasteiger partial charge is 0.225 e. The van der Waals surface area contributed by atoms with Gasteiger partial charge in [0.05, 0.1) is 16.0 Å². The van der Waals surface area contributed by atoms with Gasteiger partial charge in [-0.1, -0.05) is 18.1 Å². The summed E-state index contributed by atoms with van der Waals surface area (Å²) < 4.78 is 24.6. The molecule has 0 fully saturated rings. The van der Waals surface area contributed by atoms with Crippen molar-refractivity contribution in [2.75, 3.05) is 5.75 Å². The van der Waals surface area contributed by atoms with E-state index in [1.807, 2.05) is 6.92 Å². The summed E-state index contributed by atoms with van der Waals surface area (Å²) in [5, 5.41) is 3.47. The molecular weight excluding hydrogens is 272 g/mol. The Morgan fingerprint density at radius 2 is 2.28 bits per heavy atom. The maximum absolute atomic E-state index is 11.9. The van der Waals surface area contributed by atoms with Gasteiger partial charge in [-0.2, -0.15) is 0 Å². The van der Waals surface area contributed by atoms with Gasteiger partial charge < -0.3 is 0 Å². The van der Waals surface area contributed by atoms with E-state index in [1.165, 1.54) is 0 Å². The summed E-state index contributed by atoms with van der Waals surface area (Å²) in [6.07, 6.45) is 0.558. The minimum absolute atomic E-state index is 0.0933. The van der Waals surface area contributed by atoms with Crippen LogP contribution in [0.4, 0.5) is 5.69 Å². The van der Waals surface area contributed by atoms with Gasteiger partial charge in [0.1, 0.15) is 0 Å². The van der Waals surface area contributed by atoms with Crippen molar-refractivity contribution >= 4 is 37.1 Å². The van der Waals surface area contributed by atoms with Gasteiger partial charge in [-0.05, 0) is 24.1 Å². The highest BCUT2D eigenvalue weighted by Crippen LogP contribution is 2.29. The summed E-state index contributed by atoms with van der Waals surface area (Å²) in [4.78, 5) is 6.79. The Morgan fingerprint density at radius 3 is 2.94 bits per heavy atom. The van der Waals surface area contributed by atoms with Gasteiger partial charge in [0.15, 0.2) is 0 Å². The van der Waals surface area contributed by atoms with Gasteiger partial charge >= 0.3 is 0 Å². The van der Waals surface area contributed by atoms with Crippen molar-refractivity contribution in [1.82, 2.24) is 4.98 Å². The van der Waals surface area contributed by atoms with Gasteiger partial charge in [-0.3, -0.25) is 0 Å². The van der Waals surface area contributed by atoms with E-state index in [9.17, 15) is 8.42 Å². The van der Waals surface area contributed by atoms with Crippen LogP contribution in [0.2, 0.25) is 0 Å². The Hall–Kier alpha value is -1.63. The summed E-state index contributed by atoms with van der Waals surface area (Å²) in [7, 11) is -3.29. The van der Waals surface area contributed by atoms with Crippen molar-refractivity contribution in [1.29, 1.82) is 0 Å². The second kappa shape index (κ2) is 4.93. The number of hydrogen-bond donors (Lipinski definition) is 0. The number of nitrogens with zero attached hydrogens (tertiary/aromatic N) is 4. The fraction of sp³-hybridized carbons (Fsp3) is 0.300. The fourth-order valence-electron chi connectivity index (χ4n) is 1.50. The smallest absolute Gasteiger partial charge is 0.210 e. The normalized spacial score (nSPS) is 11.4. The Labute approximate surface area is 108 Å². The van der Waals surface area contributed by atoms with Gasteiger partial charge in [0.25, 0.3) is 0 Å². The molecule has 0 N–H and O–H groups in total. The molecule has 1 heterocycles. The molecule has 0 unspecified atom stereocenters. The van der Waals surface area contributed by atoms with E-state index in [-0.39, 0.29) is 10.1 Å². The average molecular weight is 282 g/mol. The van der Waals surface area contributed by atoms with Crippen LogP contribution in [0, 0.1) is 0 Å². The lowest BCUT2D eigenvalue weighted by molar-refractivity contribution is 0.594. The molecule has 2 rings (SSSR count). The SMILES string of the molecule is CCCS(=O)(=O)c1nc2ccc(N=[N+]=[N-])cc2s1. The zero-order chi connectivity index (χ0) is 13.2. The lowest BCUT2D eigenvalue weighted by atomic mass is 10.3. The first kappa shape index (κ1) is 12.8. The van der Waals surface area contributed by atoms with Crippen molar-refractivity contribution in [2.24, 2.45) is 5.11 Å². The predicted octanol–water partition coefficient (Wildman–Crippen LogP) is 3.42. The molecule has 6 nitrogen and oxygen atoms in total. The lowest BCUT2D eigenvalue weighted by Crippen LogP contribution is -2.04. The highest BCUT2D eigenvalue weighted by molar-refractivity contribution is 7.93. The van der Waals surface area contributed by atoms with Crippen LogP contribution in [0.15, 0.2) is 27.7 Å². The molecule has 0 saturated carbocycles. The van der Waals surface area contributed by atoms with E-state index in [0.29, 0.717) is 22.3 Å². The van der Waals surface area contributed by atoms with E-state index < -0.39 is 9.84 Å². The van der Waals surface area contributed by atoms with Gasteiger partial charge in [0.2, 0.25) is 14.2 Å². The number of sulfone groups is 1. The number of thiazole rings is 1. The third kappa shape index (κ3) is 2.45. The molecule has 0 aliphatic carbocycles. The molecule has 0 saturated heterocycles. The summed E-state index contributed by atoms with van der Waals surface area (Å²) >= 11 is 1.10. The molecule has 0 spiro atoms. The third-order valence-corrected chi connectivity index (χ3v) is 5.65. The van der Waals surface area contributed by atoms with E-state index >= 15 is 0 Å². The molecule has 2 aromatic rings. The van der Waals surface area contributed by atoms with Crippen LogP contribution < -0.4 is 0 Å². The van der Waals surface area contributed by atoms with Crippen LogP contribution in [-0.4, -0.2) is 19.2 Å². The molecule has 0 amide bonds.